The molecule has 0 spiro atoms. The molecule has 1 atom stereocenters. The molecule has 0 fully saturated rings. The number of ether oxygens (including phenoxy) is 2. The van der Waals surface area contributed by atoms with E-state index in [9.17, 15) is 0 Å². The number of hydrogen-bond acceptors (Lipinski definition) is 2. The maximum Gasteiger partial charge on any atom is 0.134 e. The van der Waals surface area contributed by atoms with E-state index in [4.69, 9.17) is 9.47 Å². The Morgan fingerprint density at radius 3 is 1.89 bits per heavy atom. The third-order valence-corrected chi connectivity index (χ3v) is 2.98. The van der Waals surface area contributed by atoms with Gasteiger partial charge in [-0.2, -0.15) is 0 Å². The van der Waals surface area contributed by atoms with Gasteiger partial charge in [-0.05, 0) is 5.54 Å². The van der Waals surface area contributed by atoms with E-state index in [1.54, 1.807) is 14.2 Å². The summed E-state index contributed by atoms with van der Waals surface area (Å²) < 4.78 is 10.0. The molecule has 1 radical (unpaired) electrons. The number of rotatable bonds is 4. The summed E-state index contributed by atoms with van der Waals surface area (Å²) in [6.07, 6.45) is 0. The highest BCUT2D eigenvalue weighted by Crippen LogP contribution is 2.01. The van der Waals surface area contributed by atoms with Crippen molar-refractivity contribution in [1.29, 1.82) is 0 Å². The summed E-state index contributed by atoms with van der Waals surface area (Å²) in [5.41, 5.74) is 0.523. The van der Waals surface area contributed by atoms with Crippen molar-refractivity contribution in [2.75, 3.05) is 14.2 Å². The topological polar surface area (TPSA) is 18.5 Å². The molecule has 9 heavy (non-hydrogen) atoms. The Balaban J connectivity index is 3.31. The molecule has 55 valence electrons. The Bertz CT molecular complexity index is 62.1. The van der Waals surface area contributed by atoms with Gasteiger partial charge < -0.3 is 9.47 Å². The molecular weight excluding hydrogens is 132 g/mol. The molecular formula is C6H15O2Si. The van der Waals surface area contributed by atoms with Gasteiger partial charge in [-0.1, -0.05) is 13.8 Å². The first-order chi connectivity index (χ1) is 4.20. The smallest absolute Gasteiger partial charge is 0.134 e. The van der Waals surface area contributed by atoms with E-state index >= 15 is 0 Å². The fourth-order valence-corrected chi connectivity index (χ4v) is 1.66. The summed E-state index contributed by atoms with van der Waals surface area (Å²) in [6, 6.07) is 0. The van der Waals surface area contributed by atoms with Crippen LogP contribution in [0.1, 0.15) is 6.92 Å². The summed E-state index contributed by atoms with van der Waals surface area (Å²) in [7, 11) is 3.04. The largest absolute Gasteiger partial charge is 0.360 e. The van der Waals surface area contributed by atoms with E-state index in [1.807, 2.05) is 0 Å². The van der Waals surface area contributed by atoms with E-state index in [0.29, 0.717) is 5.54 Å². The van der Waals surface area contributed by atoms with E-state index in [0.717, 1.165) is 0 Å². The molecule has 0 aliphatic heterocycles. The van der Waals surface area contributed by atoms with Crippen LogP contribution in [0, 0.1) is 6.92 Å². The van der Waals surface area contributed by atoms with E-state index in [2.05, 4.69) is 13.8 Å². The second-order valence-corrected chi connectivity index (χ2v) is 4.77. The standard InChI is InChI=1S/C6H15O2Si/c1-5(2)9-6(7-3)8-4/h5-6H,1,9H2,2-4H3. The fourth-order valence-electron chi connectivity index (χ4n) is 0.617. The van der Waals surface area contributed by atoms with Crippen molar-refractivity contribution in [1.82, 2.24) is 0 Å². The first-order valence-corrected chi connectivity index (χ1v) is 4.72. The van der Waals surface area contributed by atoms with Gasteiger partial charge in [-0.15, -0.1) is 0 Å². The molecule has 1 unspecified atom stereocenters. The molecule has 0 aliphatic carbocycles. The molecule has 0 aromatic rings. The van der Waals surface area contributed by atoms with Gasteiger partial charge in [0.1, 0.15) is 5.91 Å². The van der Waals surface area contributed by atoms with Crippen molar-refractivity contribution in [3.05, 3.63) is 6.92 Å². The van der Waals surface area contributed by atoms with Crippen LogP contribution in [-0.4, -0.2) is 29.7 Å². The molecule has 0 bridgehead atoms. The first kappa shape index (κ1) is 9.14. The highest BCUT2D eigenvalue weighted by Gasteiger charge is 2.07. The Morgan fingerprint density at radius 2 is 1.78 bits per heavy atom. The van der Waals surface area contributed by atoms with Crippen molar-refractivity contribution in [2.45, 2.75) is 18.4 Å². The van der Waals surface area contributed by atoms with Crippen molar-refractivity contribution in [2.24, 2.45) is 0 Å². The monoisotopic (exact) mass is 147 g/mol. The molecule has 3 heteroatoms. The molecule has 0 aliphatic rings. The summed E-state index contributed by atoms with van der Waals surface area (Å²) in [4.78, 5) is 0. The van der Waals surface area contributed by atoms with Gasteiger partial charge in [0, 0.05) is 14.2 Å². The molecule has 0 aromatic carbocycles. The van der Waals surface area contributed by atoms with Crippen LogP contribution in [0.25, 0.3) is 0 Å². The Labute approximate surface area is 59.4 Å². The van der Waals surface area contributed by atoms with Crippen LogP contribution < -0.4 is 0 Å². The average molecular weight is 147 g/mol. The van der Waals surface area contributed by atoms with Crippen LogP contribution in [-0.2, 0) is 9.47 Å². The van der Waals surface area contributed by atoms with Crippen molar-refractivity contribution in [3.63, 3.8) is 0 Å². The molecule has 0 saturated carbocycles. The molecule has 2 nitrogen and oxygen atoms in total. The third kappa shape index (κ3) is 4.63. The molecule has 0 aromatic heterocycles. The van der Waals surface area contributed by atoms with Gasteiger partial charge in [-0.25, -0.2) is 0 Å². The van der Waals surface area contributed by atoms with Gasteiger partial charge in [-0.3, -0.25) is 0 Å². The van der Waals surface area contributed by atoms with Crippen LogP contribution in [0.3, 0.4) is 0 Å². The lowest BCUT2D eigenvalue weighted by molar-refractivity contribution is -0.0444. The number of methoxy groups -OCH3 is 2. The zero-order chi connectivity index (χ0) is 7.28. The fraction of sp³-hybridized carbons (Fsp3) is 0.833. The van der Waals surface area contributed by atoms with Crippen molar-refractivity contribution in [3.8, 4) is 0 Å². The van der Waals surface area contributed by atoms with Crippen LogP contribution >= 0.6 is 0 Å². The summed E-state index contributed by atoms with van der Waals surface area (Å²) in [6.45, 7) is 5.97. The Hall–Kier alpha value is 0.137. The second-order valence-electron chi connectivity index (χ2n) is 2.24. The lowest BCUT2D eigenvalue weighted by Gasteiger charge is -2.13. The lowest BCUT2D eigenvalue weighted by atomic mass is 10.6. The van der Waals surface area contributed by atoms with Gasteiger partial charge in [0.15, 0.2) is 0 Å². The Kier molecular flexibility index (Phi) is 5.04. The highest BCUT2D eigenvalue weighted by molar-refractivity contribution is 6.38. The van der Waals surface area contributed by atoms with Gasteiger partial charge >= 0.3 is 0 Å². The van der Waals surface area contributed by atoms with Gasteiger partial charge in [0.25, 0.3) is 0 Å². The zero-order valence-corrected chi connectivity index (χ0v) is 7.80. The zero-order valence-electron chi connectivity index (χ0n) is 6.39. The van der Waals surface area contributed by atoms with Crippen LogP contribution in [0.4, 0.5) is 0 Å². The van der Waals surface area contributed by atoms with Crippen LogP contribution in [0.5, 0.6) is 0 Å². The quantitative estimate of drug-likeness (QED) is 0.422. The van der Waals surface area contributed by atoms with E-state index in [1.165, 1.54) is 0 Å². The SMILES string of the molecule is [CH2]C(C)[SiH2]C(OC)OC. The maximum absolute atomic E-state index is 5.01. The summed E-state index contributed by atoms with van der Waals surface area (Å²) in [5, 5.41) is 0. The van der Waals surface area contributed by atoms with Crippen LogP contribution in [0.15, 0.2) is 0 Å². The third-order valence-electron chi connectivity index (χ3n) is 1.12. The molecule has 0 saturated heterocycles. The molecule has 0 N–H and O–H groups in total. The summed E-state index contributed by atoms with van der Waals surface area (Å²) >= 11 is 0. The predicted octanol–water partition coefficient (Wildman–Crippen LogP) is 0.374. The van der Waals surface area contributed by atoms with Gasteiger partial charge in [0.05, 0.1) is 9.52 Å². The normalized spacial score (nSPS) is 12.7. The minimum absolute atomic E-state index is 0.0532. The predicted molar refractivity (Wildman–Crippen MR) is 41.1 cm³/mol. The van der Waals surface area contributed by atoms with Crippen molar-refractivity contribution < 1.29 is 9.47 Å². The minimum Gasteiger partial charge on any atom is -0.360 e. The second kappa shape index (κ2) is 4.96. The van der Waals surface area contributed by atoms with E-state index < -0.39 is 0 Å². The maximum atomic E-state index is 5.01. The molecule has 0 amide bonds. The minimum atomic E-state index is -0.296. The van der Waals surface area contributed by atoms with Gasteiger partial charge in [0.2, 0.25) is 0 Å². The lowest BCUT2D eigenvalue weighted by Crippen LogP contribution is -2.23. The van der Waals surface area contributed by atoms with Crippen molar-refractivity contribution >= 4 is 9.52 Å². The summed E-state index contributed by atoms with van der Waals surface area (Å²) in [5.74, 6) is 0.0532. The first-order valence-electron chi connectivity index (χ1n) is 3.09. The Morgan fingerprint density at radius 1 is 1.33 bits per heavy atom. The average Bonchev–Trinajstić information content (AvgIpc) is 1.82. The van der Waals surface area contributed by atoms with E-state index in [-0.39, 0.29) is 15.4 Å². The molecule has 0 heterocycles. The number of hydrogen-bond donors (Lipinski definition) is 0. The highest BCUT2D eigenvalue weighted by atomic mass is 28.2. The van der Waals surface area contributed by atoms with Crippen LogP contribution in [0.2, 0.25) is 5.54 Å². The molecule has 0 rings (SSSR count).